The quantitative estimate of drug-likeness (QED) is 0.710. The minimum Gasteiger partial charge on any atom is -0.495 e. The maximum absolute atomic E-state index is 13.5. The van der Waals surface area contributed by atoms with Gasteiger partial charge >= 0.3 is 0 Å². The van der Waals surface area contributed by atoms with Crippen molar-refractivity contribution in [1.82, 2.24) is 5.32 Å². The molecule has 2 aliphatic rings. The summed E-state index contributed by atoms with van der Waals surface area (Å²) in [6, 6.07) is 8.90. The summed E-state index contributed by atoms with van der Waals surface area (Å²) in [5.74, 6) is -1.82. The highest BCUT2D eigenvalue weighted by Gasteiger charge is 2.36. The van der Waals surface area contributed by atoms with Crippen molar-refractivity contribution in [3.8, 4) is 5.75 Å². The average molecular weight is 464 g/mol. The molecule has 2 unspecified atom stereocenters. The fourth-order valence-electron chi connectivity index (χ4n) is 4.29. The molecule has 2 heterocycles. The molecule has 0 saturated carbocycles. The largest absolute Gasteiger partial charge is 0.495 e. The highest BCUT2D eigenvalue weighted by atomic mass is 35.5. The highest BCUT2D eigenvalue weighted by Crippen LogP contribution is 2.35. The van der Waals surface area contributed by atoms with Crippen LogP contribution in [0.4, 0.5) is 20.2 Å². The fourth-order valence-corrected chi connectivity index (χ4v) is 4.46. The van der Waals surface area contributed by atoms with E-state index < -0.39 is 17.6 Å². The summed E-state index contributed by atoms with van der Waals surface area (Å²) in [5.41, 5.74) is 1.18. The molecule has 2 aromatic carbocycles. The summed E-state index contributed by atoms with van der Waals surface area (Å²) < 4.78 is 32.0. The van der Waals surface area contributed by atoms with Crippen LogP contribution < -0.4 is 19.9 Å². The second kappa shape index (κ2) is 9.32. The van der Waals surface area contributed by atoms with Gasteiger partial charge in [0.05, 0.1) is 18.7 Å². The molecule has 0 spiro atoms. The number of carbonyl (C=O) groups excluding carboxylic acids is 2. The minimum absolute atomic E-state index is 0.118. The van der Waals surface area contributed by atoms with Crippen molar-refractivity contribution in [2.45, 2.75) is 12.8 Å². The molecular weight excluding hydrogens is 440 g/mol. The summed E-state index contributed by atoms with van der Waals surface area (Å²) in [4.78, 5) is 28.8. The van der Waals surface area contributed by atoms with Gasteiger partial charge in [0.15, 0.2) is 11.6 Å². The normalized spacial score (nSPS) is 20.7. The standard InChI is InChI=1S/C23H24ClF2N3O3/c1-32-21-5-2-16(24)9-20(21)29-13-15(8-22(29)30)23(31)27-11-14-6-7-28(12-14)17-3-4-18(25)19(26)10-17/h2-5,9-10,14-15H,6-8,11-13H2,1H3,(H,27,31). The van der Waals surface area contributed by atoms with Crippen LogP contribution in [0, 0.1) is 23.5 Å². The number of methoxy groups -OCH3 is 1. The molecule has 2 aromatic rings. The first-order valence-corrected chi connectivity index (χ1v) is 10.8. The third-order valence-corrected chi connectivity index (χ3v) is 6.28. The molecule has 0 aromatic heterocycles. The van der Waals surface area contributed by atoms with Gasteiger partial charge < -0.3 is 19.9 Å². The summed E-state index contributed by atoms with van der Waals surface area (Å²) in [6.07, 6.45) is 0.946. The van der Waals surface area contributed by atoms with E-state index in [4.69, 9.17) is 16.3 Å². The van der Waals surface area contributed by atoms with Crippen molar-refractivity contribution in [1.29, 1.82) is 0 Å². The second-order valence-electron chi connectivity index (χ2n) is 8.17. The van der Waals surface area contributed by atoms with Crippen LogP contribution in [-0.2, 0) is 9.59 Å². The predicted octanol–water partition coefficient (Wildman–Crippen LogP) is 3.62. The van der Waals surface area contributed by atoms with Gasteiger partial charge in [-0.15, -0.1) is 0 Å². The highest BCUT2D eigenvalue weighted by molar-refractivity contribution is 6.31. The molecule has 2 fully saturated rings. The van der Waals surface area contributed by atoms with E-state index >= 15 is 0 Å². The number of benzene rings is 2. The number of ether oxygens (including phenoxy) is 1. The number of halogens is 3. The SMILES string of the molecule is COc1ccc(Cl)cc1N1CC(C(=O)NCC2CCN(c3ccc(F)c(F)c3)C2)CC1=O. The Kier molecular flexibility index (Phi) is 6.50. The molecule has 170 valence electrons. The Morgan fingerprint density at radius 1 is 1.19 bits per heavy atom. The van der Waals surface area contributed by atoms with Crippen molar-refractivity contribution in [3.63, 3.8) is 0 Å². The van der Waals surface area contributed by atoms with E-state index in [-0.39, 0.29) is 30.7 Å². The number of rotatable bonds is 6. The lowest BCUT2D eigenvalue weighted by molar-refractivity contribution is -0.126. The van der Waals surface area contributed by atoms with Crippen molar-refractivity contribution >= 4 is 34.8 Å². The summed E-state index contributed by atoms with van der Waals surface area (Å²) >= 11 is 6.08. The van der Waals surface area contributed by atoms with Crippen molar-refractivity contribution in [2.75, 3.05) is 43.1 Å². The maximum Gasteiger partial charge on any atom is 0.227 e. The van der Waals surface area contributed by atoms with E-state index in [0.717, 1.165) is 12.5 Å². The molecule has 1 N–H and O–H groups in total. The molecule has 2 atom stereocenters. The molecule has 4 rings (SSSR count). The van der Waals surface area contributed by atoms with Gasteiger partial charge in [0.25, 0.3) is 0 Å². The summed E-state index contributed by atoms with van der Waals surface area (Å²) in [6.45, 7) is 2.06. The molecule has 6 nitrogen and oxygen atoms in total. The molecule has 9 heteroatoms. The molecule has 2 aliphatic heterocycles. The molecular formula is C23H24ClF2N3O3. The maximum atomic E-state index is 13.5. The lowest BCUT2D eigenvalue weighted by Crippen LogP contribution is -2.36. The Hall–Kier alpha value is -2.87. The third-order valence-electron chi connectivity index (χ3n) is 6.05. The Bertz CT molecular complexity index is 1040. The van der Waals surface area contributed by atoms with Crippen LogP contribution in [0.2, 0.25) is 5.02 Å². The summed E-state index contributed by atoms with van der Waals surface area (Å²) in [7, 11) is 1.52. The first-order chi connectivity index (χ1) is 15.4. The van der Waals surface area contributed by atoms with Crippen LogP contribution in [0.25, 0.3) is 0 Å². The van der Waals surface area contributed by atoms with E-state index in [1.165, 1.54) is 18.1 Å². The zero-order chi connectivity index (χ0) is 22.8. The molecule has 0 radical (unpaired) electrons. The van der Waals surface area contributed by atoms with Crippen LogP contribution in [0.1, 0.15) is 12.8 Å². The first kappa shape index (κ1) is 22.3. The topological polar surface area (TPSA) is 61.9 Å². The van der Waals surface area contributed by atoms with Gasteiger partial charge in [0, 0.05) is 49.4 Å². The molecule has 32 heavy (non-hydrogen) atoms. The van der Waals surface area contributed by atoms with E-state index in [2.05, 4.69) is 5.32 Å². The number of hydrogen-bond acceptors (Lipinski definition) is 4. The predicted molar refractivity (Wildman–Crippen MR) is 118 cm³/mol. The number of hydrogen-bond donors (Lipinski definition) is 1. The van der Waals surface area contributed by atoms with Gasteiger partial charge in [0.1, 0.15) is 5.75 Å². The van der Waals surface area contributed by atoms with Crippen molar-refractivity contribution in [2.24, 2.45) is 11.8 Å². The lowest BCUT2D eigenvalue weighted by Gasteiger charge is -2.20. The molecule has 2 amide bonds. The van der Waals surface area contributed by atoms with Gasteiger partial charge in [-0.2, -0.15) is 0 Å². The van der Waals surface area contributed by atoms with E-state index in [1.54, 1.807) is 24.3 Å². The number of anilines is 2. The van der Waals surface area contributed by atoms with Crippen LogP contribution in [-0.4, -0.2) is 45.1 Å². The number of amides is 2. The summed E-state index contributed by atoms with van der Waals surface area (Å²) in [5, 5.41) is 3.44. The van der Waals surface area contributed by atoms with E-state index in [0.29, 0.717) is 41.8 Å². The van der Waals surface area contributed by atoms with E-state index in [9.17, 15) is 18.4 Å². The lowest BCUT2D eigenvalue weighted by atomic mass is 10.1. The van der Waals surface area contributed by atoms with Crippen LogP contribution in [0.15, 0.2) is 36.4 Å². The van der Waals surface area contributed by atoms with Crippen LogP contribution in [0.3, 0.4) is 0 Å². The Morgan fingerprint density at radius 2 is 2.00 bits per heavy atom. The van der Waals surface area contributed by atoms with Gasteiger partial charge in [-0.3, -0.25) is 9.59 Å². The van der Waals surface area contributed by atoms with Crippen molar-refractivity contribution in [3.05, 3.63) is 53.1 Å². The second-order valence-corrected chi connectivity index (χ2v) is 8.60. The zero-order valence-electron chi connectivity index (χ0n) is 17.6. The first-order valence-electron chi connectivity index (χ1n) is 10.5. The Labute approximate surface area is 190 Å². The fraction of sp³-hybridized carbons (Fsp3) is 0.391. The van der Waals surface area contributed by atoms with Crippen molar-refractivity contribution < 1.29 is 23.1 Å². The number of nitrogens with zero attached hydrogens (tertiary/aromatic N) is 2. The molecule has 2 saturated heterocycles. The van der Waals surface area contributed by atoms with E-state index in [1.807, 2.05) is 4.90 Å². The van der Waals surface area contributed by atoms with Crippen LogP contribution >= 0.6 is 11.6 Å². The number of nitrogens with one attached hydrogen (secondary N) is 1. The molecule has 0 bridgehead atoms. The Balaban J connectivity index is 1.32. The van der Waals surface area contributed by atoms with Gasteiger partial charge in [0.2, 0.25) is 11.8 Å². The van der Waals surface area contributed by atoms with Gasteiger partial charge in [-0.05, 0) is 42.7 Å². The smallest absolute Gasteiger partial charge is 0.227 e. The Morgan fingerprint density at radius 3 is 2.75 bits per heavy atom. The van der Waals surface area contributed by atoms with Gasteiger partial charge in [-0.25, -0.2) is 8.78 Å². The van der Waals surface area contributed by atoms with Gasteiger partial charge in [-0.1, -0.05) is 11.6 Å². The molecule has 0 aliphatic carbocycles. The third kappa shape index (κ3) is 4.65. The number of carbonyl (C=O) groups is 2. The monoisotopic (exact) mass is 463 g/mol. The van der Waals surface area contributed by atoms with Crippen LogP contribution in [0.5, 0.6) is 5.75 Å². The zero-order valence-corrected chi connectivity index (χ0v) is 18.4. The average Bonchev–Trinajstić information content (AvgIpc) is 3.41. The minimum atomic E-state index is -0.869.